The Hall–Kier alpha value is -4.77. The van der Waals surface area contributed by atoms with Gasteiger partial charge in [-0.3, -0.25) is 13.3 Å². The van der Waals surface area contributed by atoms with Crippen molar-refractivity contribution in [2.75, 3.05) is 42.8 Å². The van der Waals surface area contributed by atoms with Crippen LogP contribution in [0.2, 0.25) is 0 Å². The number of rotatable bonds is 14. The van der Waals surface area contributed by atoms with Gasteiger partial charge in [-0.15, -0.1) is 10.2 Å². The van der Waals surface area contributed by atoms with Gasteiger partial charge in [-0.1, -0.05) is 24.3 Å². The largest absolute Gasteiger partial charge is 0.505 e. The van der Waals surface area contributed by atoms with E-state index in [1.165, 1.54) is 18.0 Å². The quantitative estimate of drug-likeness (QED) is 0.0662. The molecule has 0 bridgehead atoms. The van der Waals surface area contributed by atoms with Crippen molar-refractivity contribution < 1.29 is 48.0 Å². The number of benzene rings is 4. The van der Waals surface area contributed by atoms with Crippen molar-refractivity contribution in [3.8, 4) is 5.75 Å². The molecule has 1 aromatic heterocycles. The van der Waals surface area contributed by atoms with Gasteiger partial charge in [-0.05, 0) is 66.1 Å². The molecule has 21 heteroatoms. The van der Waals surface area contributed by atoms with Crippen LogP contribution in [0.1, 0.15) is 11.1 Å². The molecule has 0 spiro atoms. The van der Waals surface area contributed by atoms with Crippen molar-refractivity contribution in [1.29, 1.82) is 0 Å². The van der Waals surface area contributed by atoms with Gasteiger partial charge in [0.15, 0.2) is 16.8 Å². The molecule has 0 fully saturated rings. The molecular weight excluding hydrogens is 734 g/mol. The lowest BCUT2D eigenvalue weighted by atomic mass is 10.0. The number of nitrogens with zero attached hydrogens (tertiary/aromatic N) is 6. The van der Waals surface area contributed by atoms with Gasteiger partial charge in [-0.25, -0.2) is 8.39 Å². The van der Waals surface area contributed by atoms with Crippen molar-refractivity contribution in [3.05, 3.63) is 71.8 Å². The van der Waals surface area contributed by atoms with Gasteiger partial charge in [0.2, 0.25) is 11.9 Å². The molecule has 51 heavy (non-hydrogen) atoms. The highest BCUT2D eigenvalue weighted by Crippen LogP contribution is 2.41. The zero-order valence-corrected chi connectivity index (χ0v) is 29.5. The van der Waals surface area contributed by atoms with Crippen molar-refractivity contribution in [3.63, 3.8) is 0 Å². The summed E-state index contributed by atoms with van der Waals surface area (Å²) < 4.78 is 99.8. The summed E-state index contributed by atoms with van der Waals surface area (Å²) in [5, 5.41) is 24.1. The molecule has 0 aliphatic rings. The van der Waals surface area contributed by atoms with E-state index in [2.05, 4.69) is 34.7 Å². The van der Waals surface area contributed by atoms with Gasteiger partial charge >= 0.3 is 16.5 Å². The molecule has 0 radical (unpaired) electrons. The third-order valence-corrected chi connectivity index (χ3v) is 9.67. The maximum atomic E-state index is 14.4. The minimum absolute atomic E-state index is 0.0422. The summed E-state index contributed by atoms with van der Waals surface area (Å²) in [6.07, 6.45) is -1.10. The average molecular weight is 764 g/mol. The van der Waals surface area contributed by atoms with Crippen LogP contribution in [-0.4, -0.2) is 82.8 Å². The first-order chi connectivity index (χ1) is 24.0. The summed E-state index contributed by atoms with van der Waals surface area (Å²) in [5.74, 6) is -0.584. The number of nitrogens with one attached hydrogen (secondary N) is 1. The van der Waals surface area contributed by atoms with Crippen LogP contribution in [0.3, 0.4) is 0 Å². The normalized spacial score (nSPS) is 12.9. The van der Waals surface area contributed by atoms with Crippen LogP contribution >= 0.6 is 0 Å². The van der Waals surface area contributed by atoms with Crippen molar-refractivity contribution >= 4 is 82.1 Å². The van der Waals surface area contributed by atoms with E-state index >= 15 is 0 Å². The van der Waals surface area contributed by atoms with E-state index in [1.54, 1.807) is 62.4 Å². The zero-order chi connectivity index (χ0) is 37.1. The fourth-order valence-electron chi connectivity index (χ4n) is 4.98. The van der Waals surface area contributed by atoms with Crippen LogP contribution in [0.4, 0.5) is 33.3 Å². The van der Waals surface area contributed by atoms with Crippen LogP contribution in [-0.2, 0) is 40.0 Å². The molecule has 5 rings (SSSR count). The standard InChI is InChI=1S/C30H30FN7O10S3/c1-17-5-4-6-23-21(17)9-10-24(27(23)50(41,42)43)36-37-25-18(2)15-19-16-20(7-8-22(19)26(25)39)32-29-33-28(31)34-30(35-29)38(3)11-14-49(40)47-12-13-48-51(44,45)46/h4-10,15-16,39H,11-14H2,1-3H3,(H,41,42,43)(H,44,45,46)(H,32,33,34,35). The average Bonchev–Trinajstić information content (AvgIpc) is 3.04. The van der Waals surface area contributed by atoms with E-state index in [0.717, 1.165) is 5.56 Å². The highest BCUT2D eigenvalue weighted by molar-refractivity contribution is 7.86. The van der Waals surface area contributed by atoms with Crippen molar-refractivity contribution in [2.45, 2.75) is 18.7 Å². The van der Waals surface area contributed by atoms with E-state index in [-0.39, 0.29) is 53.3 Å². The Morgan fingerprint density at radius 2 is 1.67 bits per heavy atom. The number of anilines is 3. The minimum atomic E-state index is -4.70. The molecule has 1 heterocycles. The van der Waals surface area contributed by atoms with Gasteiger partial charge in [0.05, 0.1) is 19.0 Å². The first-order valence-electron chi connectivity index (χ1n) is 14.7. The number of hydrogen-bond acceptors (Lipinski definition) is 15. The van der Waals surface area contributed by atoms with E-state index < -0.39 is 49.2 Å². The van der Waals surface area contributed by atoms with E-state index in [1.807, 2.05) is 0 Å². The summed E-state index contributed by atoms with van der Waals surface area (Å²) in [6, 6.07) is 14.6. The topological polar surface area (TPSA) is 243 Å². The zero-order valence-electron chi connectivity index (χ0n) is 27.0. The van der Waals surface area contributed by atoms with Crippen LogP contribution < -0.4 is 10.2 Å². The summed E-state index contributed by atoms with van der Waals surface area (Å²) in [6.45, 7) is 2.60. The fourth-order valence-corrected chi connectivity index (χ4v) is 6.88. The Balaban J connectivity index is 1.33. The predicted octanol–water partition coefficient (Wildman–Crippen LogP) is 4.98. The number of phenolic OH excluding ortho intramolecular Hbond substituents is 1. The van der Waals surface area contributed by atoms with Gasteiger partial charge in [0.25, 0.3) is 10.1 Å². The SMILES string of the molecule is Cc1cc2cc(Nc3nc(F)nc(N(C)CCS(=O)OCCOS(=O)(=O)O)n3)ccc2c(O)c1N=Nc1ccc2c(C)cccc2c1S(=O)(=O)O. The first kappa shape index (κ1) is 37.5. The predicted molar refractivity (Wildman–Crippen MR) is 186 cm³/mol. The highest BCUT2D eigenvalue weighted by Gasteiger charge is 2.21. The number of halogens is 1. The number of phenols is 1. The van der Waals surface area contributed by atoms with E-state index in [0.29, 0.717) is 27.4 Å². The third-order valence-electron chi connectivity index (χ3n) is 7.32. The maximum Gasteiger partial charge on any atom is 0.397 e. The fraction of sp³-hybridized carbons (Fsp3) is 0.233. The summed E-state index contributed by atoms with van der Waals surface area (Å²) in [5.41, 5.74) is 1.65. The Morgan fingerprint density at radius 1 is 0.922 bits per heavy atom. The van der Waals surface area contributed by atoms with E-state index in [9.17, 15) is 35.1 Å². The molecule has 0 saturated heterocycles. The molecule has 4 aromatic carbocycles. The number of aromatic nitrogens is 3. The van der Waals surface area contributed by atoms with Crippen LogP contribution in [0.5, 0.6) is 5.75 Å². The molecule has 0 amide bonds. The highest BCUT2D eigenvalue weighted by atomic mass is 32.3. The van der Waals surface area contributed by atoms with Gasteiger partial charge in [0, 0.05) is 30.1 Å². The summed E-state index contributed by atoms with van der Waals surface area (Å²) in [4.78, 5) is 12.5. The second-order valence-corrected chi connectivity index (χ2v) is 14.6. The maximum absolute atomic E-state index is 14.4. The monoisotopic (exact) mass is 763 g/mol. The smallest absolute Gasteiger partial charge is 0.397 e. The summed E-state index contributed by atoms with van der Waals surface area (Å²) in [7, 11) is -7.83. The molecule has 1 unspecified atom stereocenters. The van der Waals surface area contributed by atoms with Crippen LogP contribution in [0.25, 0.3) is 21.5 Å². The second-order valence-electron chi connectivity index (χ2n) is 10.9. The molecule has 17 nitrogen and oxygen atoms in total. The van der Waals surface area contributed by atoms with Crippen LogP contribution in [0, 0.1) is 19.9 Å². The number of fused-ring (bicyclic) bond motifs is 2. The molecule has 0 aliphatic carbocycles. The lowest BCUT2D eigenvalue weighted by Gasteiger charge is -2.17. The van der Waals surface area contributed by atoms with Gasteiger partial charge in [0.1, 0.15) is 16.3 Å². The molecule has 5 aromatic rings. The third kappa shape index (κ3) is 9.32. The summed E-state index contributed by atoms with van der Waals surface area (Å²) >= 11 is -1.87. The lowest BCUT2D eigenvalue weighted by molar-refractivity contribution is 0.212. The first-order valence-corrected chi connectivity index (χ1v) is 18.8. The lowest BCUT2D eigenvalue weighted by Crippen LogP contribution is -2.27. The van der Waals surface area contributed by atoms with Crippen molar-refractivity contribution in [2.24, 2.45) is 10.2 Å². The van der Waals surface area contributed by atoms with Gasteiger partial charge < -0.3 is 15.3 Å². The van der Waals surface area contributed by atoms with E-state index in [4.69, 9.17) is 8.74 Å². The Labute approximate surface area is 293 Å². The number of aromatic hydroxyl groups is 1. The molecule has 1 atom stereocenters. The number of aryl methyl sites for hydroxylation is 2. The Morgan fingerprint density at radius 3 is 2.39 bits per heavy atom. The number of hydrogen-bond donors (Lipinski definition) is 4. The minimum Gasteiger partial charge on any atom is -0.505 e. The molecule has 4 N–H and O–H groups in total. The Bertz CT molecular complexity index is 2420. The van der Waals surface area contributed by atoms with Gasteiger partial charge in [-0.2, -0.15) is 36.2 Å². The van der Waals surface area contributed by atoms with Crippen LogP contribution in [0.15, 0.2) is 69.7 Å². The molecular formula is C30H30FN7O10S3. The second kappa shape index (κ2) is 15.2. The molecule has 0 aliphatic heterocycles. The molecule has 270 valence electrons. The molecule has 0 saturated carbocycles. The number of azo groups is 1. The van der Waals surface area contributed by atoms with Crippen molar-refractivity contribution in [1.82, 2.24) is 15.0 Å². The Kier molecular flexibility index (Phi) is 11.2.